The van der Waals surface area contributed by atoms with Crippen molar-refractivity contribution < 1.29 is 24.5 Å². The van der Waals surface area contributed by atoms with Crippen LogP contribution in [0.3, 0.4) is 0 Å². The average Bonchev–Trinajstić information content (AvgIpc) is 3.25. The molecule has 1 amide bonds. The Kier molecular flexibility index (Phi) is 8.07. The zero-order valence-electron chi connectivity index (χ0n) is 21.4. The second-order valence-corrected chi connectivity index (χ2v) is 12.1. The summed E-state index contributed by atoms with van der Waals surface area (Å²) >= 11 is 1.57. The fraction of sp³-hybridized carbons (Fsp3) is 0.731. The largest absolute Gasteiger partial charge is 0.392 e. The maximum atomic E-state index is 13.2. The van der Waals surface area contributed by atoms with Crippen molar-refractivity contribution in [1.29, 1.82) is 0 Å². The van der Waals surface area contributed by atoms with Crippen molar-refractivity contribution in [1.82, 2.24) is 10.3 Å². The Labute approximate surface area is 207 Å². The number of aromatic nitrogens is 1. The smallest absolute Gasteiger partial charge is 0.223 e. The molecule has 1 aromatic rings. The Morgan fingerprint density at radius 3 is 2.56 bits per heavy atom. The van der Waals surface area contributed by atoms with Crippen molar-refractivity contribution in [2.75, 3.05) is 0 Å². The molecule has 3 N–H and O–H groups in total. The molecule has 7 nitrogen and oxygen atoms in total. The van der Waals surface area contributed by atoms with Crippen LogP contribution in [0.15, 0.2) is 11.0 Å². The minimum absolute atomic E-state index is 0.0667. The van der Waals surface area contributed by atoms with Gasteiger partial charge in [-0.15, -0.1) is 11.3 Å². The molecule has 0 saturated carbocycles. The molecule has 0 radical (unpaired) electrons. The average molecular weight is 493 g/mol. The van der Waals surface area contributed by atoms with Crippen molar-refractivity contribution in [3.8, 4) is 0 Å². The first-order chi connectivity index (χ1) is 15.8. The Bertz CT molecular complexity index is 941. The van der Waals surface area contributed by atoms with Crippen molar-refractivity contribution in [2.24, 2.45) is 17.3 Å². The normalized spacial score (nSPS) is 37.9. The van der Waals surface area contributed by atoms with Crippen molar-refractivity contribution in [2.45, 2.75) is 104 Å². The number of nitrogens with one attached hydrogen (secondary N) is 1. The fourth-order valence-corrected chi connectivity index (χ4v) is 5.65. The molecule has 0 spiro atoms. The van der Waals surface area contributed by atoms with E-state index in [1.807, 2.05) is 32.2 Å². The number of epoxide rings is 1. The number of amides is 1. The first kappa shape index (κ1) is 27.0. The van der Waals surface area contributed by atoms with Crippen LogP contribution in [0.4, 0.5) is 0 Å². The van der Waals surface area contributed by atoms with Crippen molar-refractivity contribution in [3.63, 3.8) is 0 Å². The van der Waals surface area contributed by atoms with Gasteiger partial charge in [-0.05, 0) is 51.2 Å². The highest BCUT2D eigenvalue weighted by Gasteiger charge is 2.56. The summed E-state index contributed by atoms with van der Waals surface area (Å²) < 4.78 is 6.15. The number of Topliss-reactive ketones (excluding diaryl/α,β-unsaturated/α-hetero) is 1. The predicted molar refractivity (Wildman–Crippen MR) is 133 cm³/mol. The van der Waals surface area contributed by atoms with Crippen LogP contribution in [0.1, 0.15) is 77.9 Å². The molecule has 2 fully saturated rings. The van der Waals surface area contributed by atoms with E-state index < -0.39 is 23.5 Å². The molecule has 0 bridgehead atoms. The zero-order chi connectivity index (χ0) is 25.4. The zero-order valence-corrected chi connectivity index (χ0v) is 22.2. The summed E-state index contributed by atoms with van der Waals surface area (Å²) in [5, 5.41) is 27.7. The van der Waals surface area contributed by atoms with E-state index >= 15 is 0 Å². The number of carbonyl (C=O) groups excluding carboxylic acids is 2. The van der Waals surface area contributed by atoms with Crippen LogP contribution in [-0.2, 0) is 14.3 Å². The highest BCUT2D eigenvalue weighted by molar-refractivity contribution is 7.09. The highest BCUT2D eigenvalue weighted by atomic mass is 32.1. The number of fused-ring (bicyclic) bond motifs is 1. The maximum absolute atomic E-state index is 13.2. The first-order valence-corrected chi connectivity index (χ1v) is 13.1. The standard InChI is InChI=1S/C26H40N2O5S/c1-14-9-8-10-26(7)24(33-26)21(15(2)11-18-13-34-17(4)27-18)28-20(30)12-19(29)25(5,6)23(32)16(3)22(14)31/h11,13-14,16,19,21-22,24,29,31H,8-10,12H2,1-7H3,(H,28,30)/b15-11+. The topological polar surface area (TPSA) is 112 Å². The van der Waals surface area contributed by atoms with Gasteiger partial charge in [-0.1, -0.05) is 34.1 Å². The molecule has 7 atom stereocenters. The van der Waals surface area contributed by atoms with Crippen LogP contribution in [0.5, 0.6) is 0 Å². The molecule has 2 aliphatic heterocycles. The molecule has 8 heteroatoms. The second kappa shape index (κ2) is 10.2. The molecule has 34 heavy (non-hydrogen) atoms. The van der Waals surface area contributed by atoms with Gasteiger partial charge >= 0.3 is 0 Å². The third-order valence-corrected chi connectivity index (χ3v) is 8.54. The van der Waals surface area contributed by atoms with Gasteiger partial charge in [-0.2, -0.15) is 0 Å². The Balaban J connectivity index is 1.89. The number of hydrogen-bond donors (Lipinski definition) is 3. The fourth-order valence-electron chi connectivity index (χ4n) is 5.08. The number of hydrogen-bond acceptors (Lipinski definition) is 7. The molecule has 3 rings (SSSR count). The minimum atomic E-state index is -1.17. The Morgan fingerprint density at radius 2 is 1.94 bits per heavy atom. The summed E-state index contributed by atoms with van der Waals surface area (Å²) in [5.41, 5.74) is 0.227. The Hall–Kier alpha value is -1.61. The van der Waals surface area contributed by atoms with E-state index in [2.05, 4.69) is 17.2 Å². The van der Waals surface area contributed by atoms with E-state index in [9.17, 15) is 19.8 Å². The van der Waals surface area contributed by atoms with E-state index in [0.717, 1.165) is 35.5 Å². The number of carbonyl (C=O) groups is 2. The number of ketones is 1. The summed E-state index contributed by atoms with van der Waals surface area (Å²) in [6.07, 6.45) is 1.98. The molecule has 0 aliphatic carbocycles. The van der Waals surface area contributed by atoms with Gasteiger partial charge < -0.3 is 20.3 Å². The third-order valence-electron chi connectivity index (χ3n) is 7.75. The predicted octanol–water partition coefficient (Wildman–Crippen LogP) is 3.66. The molecular weight excluding hydrogens is 452 g/mol. The molecule has 2 saturated heterocycles. The summed E-state index contributed by atoms with van der Waals surface area (Å²) in [6, 6.07) is -0.363. The SMILES string of the molecule is C/C(=C\c1csc(C)n1)C1NC(=O)CC(O)C(C)(C)C(=O)C(C)C(O)C(C)CCCC2(C)OC12. The molecule has 190 valence electrons. The van der Waals surface area contributed by atoms with Gasteiger partial charge in [-0.3, -0.25) is 9.59 Å². The van der Waals surface area contributed by atoms with Crippen LogP contribution < -0.4 is 5.32 Å². The lowest BCUT2D eigenvalue weighted by Crippen LogP contribution is -2.48. The molecule has 0 aromatic carbocycles. The van der Waals surface area contributed by atoms with Gasteiger partial charge in [0, 0.05) is 11.3 Å². The number of aliphatic hydroxyl groups excluding tert-OH is 2. The van der Waals surface area contributed by atoms with E-state index in [4.69, 9.17) is 4.74 Å². The summed E-state index contributed by atoms with van der Waals surface area (Å²) in [4.78, 5) is 30.7. The number of thiazole rings is 1. The van der Waals surface area contributed by atoms with Gasteiger partial charge in [-0.25, -0.2) is 4.98 Å². The summed E-state index contributed by atoms with van der Waals surface area (Å²) in [5.74, 6) is -1.27. The number of aliphatic hydroxyl groups is 2. The van der Waals surface area contributed by atoms with Crippen LogP contribution >= 0.6 is 11.3 Å². The number of nitrogens with zero attached hydrogens (tertiary/aromatic N) is 1. The third kappa shape index (κ3) is 5.78. The van der Waals surface area contributed by atoms with Crippen LogP contribution in [0.2, 0.25) is 0 Å². The quantitative estimate of drug-likeness (QED) is 0.543. The summed E-state index contributed by atoms with van der Waals surface area (Å²) in [6.45, 7) is 12.9. The van der Waals surface area contributed by atoms with E-state index in [0.29, 0.717) is 0 Å². The maximum Gasteiger partial charge on any atom is 0.223 e. The minimum Gasteiger partial charge on any atom is -0.392 e. The molecule has 2 aliphatic rings. The van der Waals surface area contributed by atoms with Gasteiger partial charge in [0.1, 0.15) is 11.9 Å². The van der Waals surface area contributed by atoms with Gasteiger partial charge in [0.05, 0.1) is 46.4 Å². The molecule has 1 aromatic heterocycles. The number of ether oxygens (including phenoxy) is 1. The Morgan fingerprint density at radius 1 is 1.26 bits per heavy atom. The van der Waals surface area contributed by atoms with Crippen LogP contribution in [0, 0.1) is 24.2 Å². The number of rotatable bonds is 2. The van der Waals surface area contributed by atoms with Gasteiger partial charge in [0.2, 0.25) is 5.91 Å². The molecule has 7 unspecified atom stereocenters. The summed E-state index contributed by atoms with van der Waals surface area (Å²) in [7, 11) is 0. The highest BCUT2D eigenvalue weighted by Crippen LogP contribution is 2.45. The number of aryl methyl sites for hydroxylation is 1. The second-order valence-electron chi connectivity index (χ2n) is 11.0. The van der Waals surface area contributed by atoms with Crippen molar-refractivity contribution >= 4 is 29.1 Å². The lowest BCUT2D eigenvalue weighted by molar-refractivity contribution is -0.143. The van der Waals surface area contributed by atoms with Gasteiger partial charge in [0.25, 0.3) is 0 Å². The van der Waals surface area contributed by atoms with Gasteiger partial charge in [0.15, 0.2) is 0 Å². The lowest BCUT2D eigenvalue weighted by Gasteiger charge is -2.34. The first-order valence-electron chi connectivity index (χ1n) is 12.2. The monoisotopic (exact) mass is 492 g/mol. The van der Waals surface area contributed by atoms with E-state index in [1.165, 1.54) is 0 Å². The van der Waals surface area contributed by atoms with E-state index in [-0.39, 0.29) is 41.8 Å². The molecule has 3 heterocycles. The molecular formula is C26H40N2O5S. The van der Waals surface area contributed by atoms with Crippen molar-refractivity contribution in [3.05, 3.63) is 21.7 Å². The van der Waals surface area contributed by atoms with E-state index in [1.54, 1.807) is 32.1 Å². The van der Waals surface area contributed by atoms with Crippen LogP contribution in [0.25, 0.3) is 6.08 Å². The lowest BCUT2D eigenvalue weighted by atomic mass is 9.73. The van der Waals surface area contributed by atoms with Crippen LogP contribution in [-0.4, -0.2) is 56.8 Å².